The van der Waals surface area contributed by atoms with Gasteiger partial charge in [0.05, 0.1) is 7.11 Å². The van der Waals surface area contributed by atoms with Crippen LogP contribution in [0.15, 0.2) is 104 Å². The van der Waals surface area contributed by atoms with Crippen molar-refractivity contribution in [1.29, 1.82) is 0 Å². The largest absolute Gasteiger partial charge is 0.508 e. The Kier molecular flexibility index (Phi) is 18.4. The summed E-state index contributed by atoms with van der Waals surface area (Å²) in [6.45, 7) is 27.5. The maximum atomic E-state index is 10.3. The van der Waals surface area contributed by atoms with Gasteiger partial charge in [0.25, 0.3) is 0 Å². The van der Waals surface area contributed by atoms with Crippen molar-refractivity contribution in [3.05, 3.63) is 141 Å². The van der Waals surface area contributed by atoms with Gasteiger partial charge < -0.3 is 28.0 Å². The molecule has 4 heterocycles. The molecule has 0 bridgehead atoms. The summed E-state index contributed by atoms with van der Waals surface area (Å²) in [7, 11) is 1.72. The van der Waals surface area contributed by atoms with Gasteiger partial charge in [0.1, 0.15) is 11.5 Å². The molecule has 14 heteroatoms. The maximum Gasteiger partial charge on any atom is 0.232 e. The number of phenolic OH excluding ortho intramolecular Hbond substituents is 1. The SMILES string of the molecule is C.C.CCc1noc(C(C)(C)Cc2c(SC(C)(C)C)c3cc(O)ccc3n2Cc2ccc(Cl)cc2)n1.CCc1noc(C(C)(C)Cc2c(SC(C)(C)C)c3cc(OC)ccc3n2Cc2ccc(Cl)cc2)n1. The highest BCUT2D eigenvalue weighted by molar-refractivity contribution is 8.01. The number of ether oxygens (including phenoxy) is 1. The Morgan fingerprint density at radius 2 is 0.972 bits per heavy atom. The summed E-state index contributed by atoms with van der Waals surface area (Å²) in [4.78, 5) is 11.8. The second-order valence-corrected chi connectivity index (χ2v) is 25.4. The third-order valence-corrected chi connectivity index (χ3v) is 14.7. The molecule has 382 valence electrons. The molecule has 4 aromatic heterocycles. The number of halogens is 2. The molecular formula is C57H74Cl2N6O4S2. The number of fused-ring (bicyclic) bond motifs is 2. The van der Waals surface area contributed by atoms with Crippen LogP contribution in [0, 0.1) is 0 Å². The highest BCUT2D eigenvalue weighted by atomic mass is 35.5. The zero-order valence-corrected chi connectivity index (χ0v) is 45.4. The molecule has 0 saturated heterocycles. The molecule has 0 aliphatic carbocycles. The van der Waals surface area contributed by atoms with Crippen molar-refractivity contribution in [3.8, 4) is 11.5 Å². The summed E-state index contributed by atoms with van der Waals surface area (Å²) in [5.41, 5.74) is 6.35. The minimum Gasteiger partial charge on any atom is -0.508 e. The van der Waals surface area contributed by atoms with E-state index in [1.54, 1.807) is 13.2 Å². The van der Waals surface area contributed by atoms with E-state index >= 15 is 0 Å². The van der Waals surface area contributed by atoms with Crippen molar-refractivity contribution in [2.24, 2.45) is 0 Å². The summed E-state index contributed by atoms with van der Waals surface area (Å²) in [6.07, 6.45) is 2.95. The molecule has 10 nitrogen and oxygen atoms in total. The maximum absolute atomic E-state index is 10.3. The fourth-order valence-corrected chi connectivity index (χ4v) is 10.9. The normalized spacial score (nSPS) is 12.2. The van der Waals surface area contributed by atoms with E-state index in [0.717, 1.165) is 69.7 Å². The first kappa shape index (κ1) is 57.0. The lowest BCUT2D eigenvalue weighted by molar-refractivity contribution is 0.300. The Bertz CT molecular complexity index is 3030. The zero-order valence-electron chi connectivity index (χ0n) is 42.3. The van der Waals surface area contributed by atoms with Gasteiger partial charge in [-0.2, -0.15) is 9.97 Å². The van der Waals surface area contributed by atoms with Gasteiger partial charge in [0.15, 0.2) is 11.6 Å². The molecule has 0 saturated carbocycles. The van der Waals surface area contributed by atoms with Crippen LogP contribution in [0.5, 0.6) is 11.5 Å². The number of methoxy groups -OCH3 is 1. The summed E-state index contributed by atoms with van der Waals surface area (Å²) in [5, 5.41) is 22.4. The van der Waals surface area contributed by atoms with Crippen LogP contribution in [0.25, 0.3) is 21.8 Å². The van der Waals surface area contributed by atoms with Crippen LogP contribution in [0.4, 0.5) is 0 Å². The molecule has 0 radical (unpaired) electrons. The second kappa shape index (κ2) is 22.9. The van der Waals surface area contributed by atoms with Crippen LogP contribution in [-0.2, 0) is 49.6 Å². The molecule has 1 N–H and O–H groups in total. The van der Waals surface area contributed by atoms with Crippen molar-refractivity contribution < 1.29 is 18.9 Å². The number of hydrogen-bond acceptors (Lipinski definition) is 10. The van der Waals surface area contributed by atoms with Crippen molar-refractivity contribution in [3.63, 3.8) is 0 Å². The van der Waals surface area contributed by atoms with Crippen molar-refractivity contribution >= 4 is 68.5 Å². The number of rotatable bonds is 15. The van der Waals surface area contributed by atoms with Gasteiger partial charge in [-0.3, -0.25) is 0 Å². The van der Waals surface area contributed by atoms with Gasteiger partial charge >= 0.3 is 0 Å². The fraction of sp³-hybridized carbons (Fsp3) is 0.439. The average Bonchev–Trinajstić information content (AvgIpc) is 4.09. The predicted octanol–water partition coefficient (Wildman–Crippen LogP) is 16.4. The van der Waals surface area contributed by atoms with E-state index in [0.29, 0.717) is 24.7 Å². The molecule has 8 aromatic rings. The number of hydrogen-bond donors (Lipinski definition) is 1. The third kappa shape index (κ3) is 13.8. The number of nitrogens with zero attached hydrogens (tertiary/aromatic N) is 6. The van der Waals surface area contributed by atoms with Crippen molar-refractivity contribution in [2.75, 3.05) is 7.11 Å². The van der Waals surface area contributed by atoms with Gasteiger partial charge in [-0.1, -0.05) is 156 Å². The Morgan fingerprint density at radius 1 is 0.577 bits per heavy atom. The minimum absolute atomic E-state index is 0. The average molecular weight is 1040 g/mol. The molecule has 0 spiro atoms. The van der Waals surface area contributed by atoms with Crippen molar-refractivity contribution in [1.82, 2.24) is 29.4 Å². The van der Waals surface area contributed by atoms with E-state index in [4.69, 9.17) is 37.0 Å². The molecule has 0 unspecified atom stereocenters. The van der Waals surface area contributed by atoms with Crippen LogP contribution in [-0.4, -0.2) is 51.1 Å². The predicted molar refractivity (Wildman–Crippen MR) is 299 cm³/mol. The van der Waals surface area contributed by atoms with Crippen molar-refractivity contribution in [2.45, 2.75) is 167 Å². The zero-order chi connectivity index (χ0) is 50.1. The molecule has 0 aliphatic heterocycles. The quantitative estimate of drug-likeness (QED) is 0.0995. The Hall–Kier alpha value is -4.88. The number of thioether (sulfide) groups is 2. The lowest BCUT2D eigenvalue weighted by atomic mass is 9.87. The number of aromatic nitrogens is 6. The van der Waals surface area contributed by atoms with E-state index < -0.39 is 0 Å². The second-order valence-electron chi connectivity index (χ2n) is 20.9. The van der Waals surface area contributed by atoms with Gasteiger partial charge in [-0.05, 0) is 71.8 Å². The molecular weight excluding hydrogens is 968 g/mol. The topological polar surface area (TPSA) is 117 Å². The molecule has 71 heavy (non-hydrogen) atoms. The summed E-state index contributed by atoms with van der Waals surface area (Å²) in [6, 6.07) is 28.0. The number of aromatic hydroxyl groups is 1. The molecule has 4 aromatic carbocycles. The van der Waals surface area contributed by atoms with E-state index in [1.165, 1.54) is 37.6 Å². The number of phenols is 1. The molecule has 8 rings (SSSR count). The first-order chi connectivity index (χ1) is 32.5. The third-order valence-electron chi connectivity index (χ3n) is 11.7. The number of benzene rings is 4. The lowest BCUT2D eigenvalue weighted by Gasteiger charge is -2.24. The molecule has 0 aliphatic rings. The van der Waals surface area contributed by atoms with Gasteiger partial charge in [-0.15, -0.1) is 23.5 Å². The van der Waals surface area contributed by atoms with Gasteiger partial charge in [0, 0.05) is 112 Å². The summed E-state index contributed by atoms with van der Waals surface area (Å²) in [5.74, 6) is 3.89. The summed E-state index contributed by atoms with van der Waals surface area (Å²) >= 11 is 16.0. The first-order valence-electron chi connectivity index (χ1n) is 23.5. The first-order valence-corrected chi connectivity index (χ1v) is 25.9. The highest BCUT2D eigenvalue weighted by Crippen LogP contribution is 2.46. The molecule has 0 atom stereocenters. The minimum atomic E-state index is -0.373. The summed E-state index contributed by atoms with van der Waals surface area (Å²) < 4.78 is 21.8. The van der Waals surface area contributed by atoms with E-state index in [9.17, 15) is 5.11 Å². The fourth-order valence-electron chi connectivity index (χ4n) is 8.28. The smallest absolute Gasteiger partial charge is 0.232 e. The lowest BCUT2D eigenvalue weighted by Crippen LogP contribution is -2.24. The van der Waals surface area contributed by atoms with Crippen LogP contribution >= 0.6 is 46.7 Å². The van der Waals surface area contributed by atoms with Crippen LogP contribution in [0.1, 0.15) is 144 Å². The highest BCUT2D eigenvalue weighted by Gasteiger charge is 2.35. The molecule has 0 fully saturated rings. The Balaban J connectivity index is 0.000000257. The number of aryl methyl sites for hydroxylation is 2. The van der Waals surface area contributed by atoms with Crippen LogP contribution in [0.2, 0.25) is 10.0 Å². The van der Waals surface area contributed by atoms with E-state index in [2.05, 4.69) is 135 Å². The Morgan fingerprint density at radius 3 is 1.34 bits per heavy atom. The molecule has 0 amide bonds. The monoisotopic (exact) mass is 1040 g/mol. The standard InChI is InChI=1S/C28H34ClN3O2S.C27H32ClN3O2S.2CH4/c1-8-24-30-26(34-31-24)28(5,6)16-23-25(35-27(2,3)4)21-15-20(33-7)13-14-22(21)32(23)17-18-9-11-19(29)12-10-18;1-7-23-29-25(33-30-23)27(5,6)15-22-24(34-26(2,3)4)20-14-19(32)12-13-21(20)31(22)16-17-8-10-18(28)11-9-17;;/h9-15H,8,16-17H2,1-7H3;8-14,32H,7,15-16H2,1-6H3;2*1H4. The van der Waals surface area contributed by atoms with Gasteiger partial charge in [0.2, 0.25) is 11.8 Å². The van der Waals surface area contributed by atoms with E-state index in [-0.39, 0.29) is 40.9 Å². The van der Waals surface area contributed by atoms with Crippen LogP contribution in [0.3, 0.4) is 0 Å². The van der Waals surface area contributed by atoms with E-state index in [1.807, 2.05) is 79.8 Å². The van der Waals surface area contributed by atoms with Crippen LogP contribution < -0.4 is 4.74 Å². The Labute approximate surface area is 440 Å². The van der Waals surface area contributed by atoms with Gasteiger partial charge in [-0.25, -0.2) is 0 Å².